The van der Waals surface area contributed by atoms with Crippen molar-refractivity contribution in [3.8, 4) is 11.8 Å². The van der Waals surface area contributed by atoms with Crippen LogP contribution in [-0.4, -0.2) is 35.3 Å². The van der Waals surface area contributed by atoms with Gasteiger partial charge in [-0.3, -0.25) is 9.69 Å². The summed E-state index contributed by atoms with van der Waals surface area (Å²) in [5, 5.41) is 20.4. The maximum atomic E-state index is 13.5. The summed E-state index contributed by atoms with van der Waals surface area (Å²) in [5.41, 5.74) is -0.303. The molecule has 1 N–H and O–H groups in total. The van der Waals surface area contributed by atoms with E-state index in [9.17, 15) is 24.3 Å². The SMILES string of the molecule is CCOC(=O)C(=O)N(c1ccc(F)cc1)[C@H]1c2cc(C#N)ccc2OC(C)(C)[C@@H]1O. The van der Waals surface area contributed by atoms with Crippen molar-refractivity contribution in [3.63, 3.8) is 0 Å². The van der Waals surface area contributed by atoms with Crippen LogP contribution >= 0.6 is 0 Å². The zero-order valence-electron chi connectivity index (χ0n) is 16.8. The Hall–Kier alpha value is -3.44. The number of halogens is 1. The van der Waals surface area contributed by atoms with Crippen LogP contribution in [0.25, 0.3) is 0 Å². The van der Waals surface area contributed by atoms with Crippen LogP contribution < -0.4 is 9.64 Å². The number of aliphatic hydroxyl groups is 1. The van der Waals surface area contributed by atoms with E-state index in [2.05, 4.69) is 0 Å². The number of aliphatic hydroxyl groups excluding tert-OH is 1. The molecule has 8 heteroatoms. The van der Waals surface area contributed by atoms with Crippen molar-refractivity contribution in [2.75, 3.05) is 11.5 Å². The molecule has 0 unspecified atom stereocenters. The number of carbonyl (C=O) groups is 2. The smallest absolute Gasteiger partial charge is 0.397 e. The molecule has 1 aliphatic rings. The van der Waals surface area contributed by atoms with Gasteiger partial charge in [0.2, 0.25) is 0 Å². The van der Waals surface area contributed by atoms with Crippen molar-refractivity contribution in [1.29, 1.82) is 5.26 Å². The molecule has 0 aliphatic carbocycles. The summed E-state index contributed by atoms with van der Waals surface area (Å²) in [6.45, 7) is 4.83. The van der Waals surface area contributed by atoms with Crippen LogP contribution in [0.2, 0.25) is 0 Å². The second-order valence-electron chi connectivity index (χ2n) is 7.33. The molecule has 0 saturated carbocycles. The molecule has 2 aromatic carbocycles. The minimum Gasteiger partial charge on any atom is -0.485 e. The van der Waals surface area contributed by atoms with Crippen LogP contribution in [0.3, 0.4) is 0 Å². The number of carbonyl (C=O) groups excluding carboxylic acids is 2. The molecule has 1 amide bonds. The molecule has 1 aliphatic heterocycles. The number of fused-ring (bicyclic) bond motifs is 1. The monoisotopic (exact) mass is 412 g/mol. The molecule has 0 fully saturated rings. The summed E-state index contributed by atoms with van der Waals surface area (Å²) in [6, 6.07) is 10.5. The Labute approximate surface area is 173 Å². The fourth-order valence-electron chi connectivity index (χ4n) is 3.41. The number of benzene rings is 2. The van der Waals surface area contributed by atoms with Crippen LogP contribution in [-0.2, 0) is 14.3 Å². The Balaban J connectivity index is 2.23. The summed E-state index contributed by atoms with van der Waals surface area (Å²) >= 11 is 0. The van der Waals surface area contributed by atoms with Gasteiger partial charge >= 0.3 is 11.9 Å². The number of rotatable bonds is 3. The number of hydrogen-bond acceptors (Lipinski definition) is 6. The Morgan fingerprint density at radius 2 is 1.93 bits per heavy atom. The second-order valence-corrected chi connectivity index (χ2v) is 7.33. The standard InChI is InChI=1S/C22H21FN2O5/c1-4-29-21(28)20(27)25(15-8-6-14(23)7-9-15)18-16-11-13(12-24)5-10-17(16)30-22(2,3)19(18)26/h5-11,18-19,26H,4H2,1-3H3/t18-,19+/m0/s1. The van der Waals surface area contributed by atoms with Crippen molar-refractivity contribution >= 4 is 17.6 Å². The van der Waals surface area contributed by atoms with Crippen molar-refractivity contribution in [2.45, 2.75) is 38.5 Å². The van der Waals surface area contributed by atoms with Crippen LogP contribution in [0.4, 0.5) is 10.1 Å². The molecule has 0 radical (unpaired) electrons. The molecule has 0 aromatic heterocycles. The number of amides is 1. The maximum absolute atomic E-state index is 13.5. The van der Waals surface area contributed by atoms with Crippen molar-refractivity contribution < 1.29 is 28.6 Å². The van der Waals surface area contributed by atoms with E-state index in [0.29, 0.717) is 11.3 Å². The molecular formula is C22H21FN2O5. The highest BCUT2D eigenvalue weighted by atomic mass is 19.1. The Kier molecular flexibility index (Phi) is 5.76. The minimum atomic E-state index is -1.28. The Bertz CT molecular complexity index is 1010. The lowest BCUT2D eigenvalue weighted by Crippen LogP contribution is -2.56. The predicted molar refractivity (Wildman–Crippen MR) is 105 cm³/mol. The first-order valence-corrected chi connectivity index (χ1v) is 9.36. The third-order valence-corrected chi connectivity index (χ3v) is 4.89. The number of anilines is 1. The highest BCUT2D eigenvalue weighted by Gasteiger charge is 2.48. The molecule has 1 heterocycles. The van der Waals surface area contributed by atoms with Crippen molar-refractivity contribution in [1.82, 2.24) is 0 Å². The molecule has 2 aromatic rings. The largest absolute Gasteiger partial charge is 0.485 e. The van der Waals surface area contributed by atoms with Crippen LogP contribution in [0, 0.1) is 17.1 Å². The van der Waals surface area contributed by atoms with Gasteiger partial charge in [-0.1, -0.05) is 0 Å². The van der Waals surface area contributed by atoms with Gasteiger partial charge in [0.1, 0.15) is 23.3 Å². The molecule has 156 valence electrons. The normalized spacial score (nSPS) is 19.1. The molecular weight excluding hydrogens is 391 g/mol. The lowest BCUT2D eigenvalue weighted by Gasteiger charge is -2.46. The highest BCUT2D eigenvalue weighted by Crippen LogP contribution is 2.44. The van der Waals surface area contributed by atoms with Gasteiger partial charge in [-0.05, 0) is 63.2 Å². The lowest BCUT2D eigenvalue weighted by molar-refractivity contribution is -0.154. The number of nitrogens with zero attached hydrogens (tertiary/aromatic N) is 2. The first-order valence-electron chi connectivity index (χ1n) is 9.36. The van der Waals surface area contributed by atoms with Crippen molar-refractivity contribution in [3.05, 3.63) is 59.4 Å². The van der Waals surface area contributed by atoms with E-state index in [1.165, 1.54) is 18.2 Å². The third-order valence-electron chi connectivity index (χ3n) is 4.89. The van der Waals surface area contributed by atoms with Gasteiger partial charge in [0, 0.05) is 11.3 Å². The van der Waals surface area contributed by atoms with Gasteiger partial charge in [-0.2, -0.15) is 5.26 Å². The molecule has 7 nitrogen and oxygen atoms in total. The Morgan fingerprint density at radius 3 is 2.53 bits per heavy atom. The number of ether oxygens (including phenoxy) is 2. The summed E-state index contributed by atoms with van der Waals surface area (Å²) in [4.78, 5) is 26.5. The fraction of sp³-hybridized carbons (Fsp3) is 0.318. The van der Waals surface area contributed by atoms with Gasteiger partial charge < -0.3 is 14.6 Å². The molecule has 0 bridgehead atoms. The first kappa shape index (κ1) is 21.3. The van der Waals surface area contributed by atoms with Crippen LogP contribution in [0.15, 0.2) is 42.5 Å². The first-order chi connectivity index (χ1) is 14.2. The van der Waals surface area contributed by atoms with E-state index >= 15 is 0 Å². The van der Waals surface area contributed by atoms with E-state index < -0.39 is 35.4 Å². The maximum Gasteiger partial charge on any atom is 0.397 e. The molecule has 3 rings (SSSR count). The molecule has 0 saturated heterocycles. The van der Waals surface area contributed by atoms with Gasteiger partial charge in [-0.15, -0.1) is 0 Å². The third kappa shape index (κ3) is 3.84. The summed E-state index contributed by atoms with van der Waals surface area (Å²) in [6.07, 6.45) is -1.28. The highest BCUT2D eigenvalue weighted by molar-refractivity contribution is 6.38. The number of nitriles is 1. The van der Waals surface area contributed by atoms with Gasteiger partial charge in [0.25, 0.3) is 0 Å². The Morgan fingerprint density at radius 1 is 1.27 bits per heavy atom. The fourth-order valence-corrected chi connectivity index (χ4v) is 3.41. The average Bonchev–Trinajstić information content (AvgIpc) is 2.71. The van der Waals surface area contributed by atoms with Gasteiger partial charge in [-0.25, -0.2) is 9.18 Å². The summed E-state index contributed by atoms with van der Waals surface area (Å²) < 4.78 is 24.3. The minimum absolute atomic E-state index is 0.0151. The zero-order valence-corrected chi connectivity index (χ0v) is 16.8. The predicted octanol–water partition coefficient (Wildman–Crippen LogP) is 2.87. The molecule has 0 spiro atoms. The number of esters is 1. The lowest BCUT2D eigenvalue weighted by atomic mass is 9.84. The number of hydrogen-bond donors (Lipinski definition) is 1. The quantitative estimate of drug-likeness (QED) is 0.615. The second kappa shape index (κ2) is 8.13. The van der Waals surface area contributed by atoms with E-state index in [0.717, 1.165) is 17.0 Å². The van der Waals surface area contributed by atoms with E-state index in [1.807, 2.05) is 6.07 Å². The summed E-state index contributed by atoms with van der Waals surface area (Å²) in [7, 11) is 0. The van der Waals surface area contributed by atoms with E-state index in [4.69, 9.17) is 9.47 Å². The van der Waals surface area contributed by atoms with E-state index in [1.54, 1.807) is 32.9 Å². The summed E-state index contributed by atoms with van der Waals surface area (Å²) in [5.74, 6) is -2.31. The molecule has 2 atom stereocenters. The van der Waals surface area contributed by atoms with Gasteiger partial charge in [0.05, 0.1) is 24.3 Å². The average molecular weight is 412 g/mol. The van der Waals surface area contributed by atoms with Crippen LogP contribution in [0.1, 0.15) is 37.9 Å². The van der Waals surface area contributed by atoms with Gasteiger partial charge in [0.15, 0.2) is 0 Å². The zero-order chi connectivity index (χ0) is 22.1. The van der Waals surface area contributed by atoms with E-state index in [-0.39, 0.29) is 17.9 Å². The van der Waals surface area contributed by atoms with Crippen LogP contribution in [0.5, 0.6) is 5.75 Å². The topological polar surface area (TPSA) is 99.9 Å². The van der Waals surface area contributed by atoms with Crippen molar-refractivity contribution in [2.24, 2.45) is 0 Å². The molecule has 30 heavy (non-hydrogen) atoms.